The standard InChI is InChI=1S/C36H46N4O3/c41-25-9-8-19-40-24(12-13-25)21-35-23-39-18-6-4-2-1-3-5-16-36(43,34(35)40)22-28(29(35)15-20-39)32-33-27(14-17-37-32)26-10-7-11-30(42)31(26)38-33/h1,3,7,10-11,14,17,22,24-25,29,34,38,41-43H,2,4-6,8-9,12-13,15-16,18-21,23H2/b3-1-/t24-,25+,29-,34+,35-,36-/m1/s1. The SMILES string of the molecule is Oc1cccc2c1[nH]c1c(C3=C[C@]4(O)CC/C=C\CCCCN5CC[C@H]3[C@@]3(C[C@H]6CC[C@@H](O)CCCN6[C@@H]34)C5)nccc12. The predicted molar refractivity (Wildman–Crippen MR) is 171 cm³/mol. The number of H-pyrrole nitrogens is 1. The van der Waals surface area contributed by atoms with E-state index in [1.165, 1.54) is 18.4 Å². The number of hydrogen-bond donors (Lipinski definition) is 4. The van der Waals surface area contributed by atoms with Crippen molar-refractivity contribution in [2.24, 2.45) is 11.3 Å². The van der Waals surface area contributed by atoms with Crippen molar-refractivity contribution in [3.8, 4) is 5.75 Å². The Morgan fingerprint density at radius 2 is 1.79 bits per heavy atom. The lowest BCUT2D eigenvalue weighted by Crippen LogP contribution is -2.65. The molecular weight excluding hydrogens is 536 g/mol. The van der Waals surface area contributed by atoms with Crippen LogP contribution in [0.25, 0.3) is 27.4 Å². The van der Waals surface area contributed by atoms with Crippen LogP contribution in [0.15, 0.2) is 48.7 Å². The molecule has 1 aromatic carbocycles. The number of aromatic hydroxyl groups is 1. The zero-order chi connectivity index (χ0) is 29.2. The van der Waals surface area contributed by atoms with Crippen molar-refractivity contribution in [3.05, 3.63) is 54.4 Å². The van der Waals surface area contributed by atoms with Gasteiger partial charge in [0.05, 0.1) is 28.4 Å². The van der Waals surface area contributed by atoms with Crippen molar-refractivity contribution >= 4 is 27.4 Å². The smallest absolute Gasteiger partial charge is 0.139 e. The molecule has 7 atom stereocenters. The lowest BCUT2D eigenvalue weighted by molar-refractivity contribution is -0.0918. The summed E-state index contributed by atoms with van der Waals surface area (Å²) in [4.78, 5) is 14.0. The van der Waals surface area contributed by atoms with Gasteiger partial charge in [0.15, 0.2) is 0 Å². The molecule has 228 valence electrons. The van der Waals surface area contributed by atoms with Gasteiger partial charge in [-0.05, 0) is 120 Å². The fraction of sp³-hybridized carbons (Fsp3) is 0.583. The van der Waals surface area contributed by atoms with Crippen molar-refractivity contribution in [3.63, 3.8) is 0 Å². The van der Waals surface area contributed by atoms with Gasteiger partial charge < -0.3 is 25.2 Å². The van der Waals surface area contributed by atoms with Crippen LogP contribution in [-0.2, 0) is 0 Å². The van der Waals surface area contributed by atoms with E-state index in [2.05, 4.69) is 39.1 Å². The topological polar surface area (TPSA) is 95.8 Å². The van der Waals surface area contributed by atoms with Crippen LogP contribution in [0, 0.1) is 11.3 Å². The summed E-state index contributed by atoms with van der Waals surface area (Å²) in [7, 11) is 0. The molecule has 7 nitrogen and oxygen atoms in total. The number of fused-ring (bicyclic) bond motifs is 5. The second-order valence-corrected chi connectivity index (χ2v) is 14.2. The van der Waals surface area contributed by atoms with Gasteiger partial charge >= 0.3 is 0 Å². The molecule has 1 spiro atoms. The number of aromatic amines is 1. The highest BCUT2D eigenvalue weighted by Crippen LogP contribution is 2.62. The van der Waals surface area contributed by atoms with Gasteiger partial charge in [0.2, 0.25) is 0 Å². The number of nitrogens with one attached hydrogen (secondary N) is 1. The van der Waals surface area contributed by atoms with Crippen LogP contribution in [0.5, 0.6) is 5.75 Å². The molecular formula is C36H46N4O3. The summed E-state index contributed by atoms with van der Waals surface area (Å²) in [6.45, 7) is 4.13. The van der Waals surface area contributed by atoms with E-state index in [1.54, 1.807) is 6.07 Å². The minimum atomic E-state index is -0.988. The lowest BCUT2D eigenvalue weighted by atomic mass is 9.54. The normalized spacial score (nSPS) is 37.8. The van der Waals surface area contributed by atoms with E-state index in [1.807, 2.05) is 18.3 Å². The summed E-state index contributed by atoms with van der Waals surface area (Å²) in [5.74, 6) is 0.531. The van der Waals surface area contributed by atoms with E-state index >= 15 is 0 Å². The van der Waals surface area contributed by atoms with Gasteiger partial charge in [0, 0.05) is 41.0 Å². The van der Waals surface area contributed by atoms with E-state index in [0.717, 1.165) is 105 Å². The number of phenols is 1. The molecule has 4 N–H and O–H groups in total. The van der Waals surface area contributed by atoms with Crippen LogP contribution in [0.4, 0.5) is 0 Å². The third-order valence-electron chi connectivity index (χ3n) is 11.7. The number of hydrogen-bond acceptors (Lipinski definition) is 6. The Kier molecular flexibility index (Phi) is 6.94. The fourth-order valence-corrected chi connectivity index (χ4v) is 10.0. The molecule has 6 heterocycles. The molecule has 3 saturated heterocycles. The van der Waals surface area contributed by atoms with Gasteiger partial charge in [-0.3, -0.25) is 9.88 Å². The van der Waals surface area contributed by atoms with Gasteiger partial charge in [-0.2, -0.15) is 0 Å². The van der Waals surface area contributed by atoms with Gasteiger partial charge in [-0.25, -0.2) is 0 Å². The first-order valence-electron chi connectivity index (χ1n) is 16.8. The van der Waals surface area contributed by atoms with Crippen LogP contribution in [-0.4, -0.2) is 85.1 Å². The van der Waals surface area contributed by atoms with Crippen molar-refractivity contribution in [2.75, 3.05) is 26.2 Å². The summed E-state index contributed by atoms with van der Waals surface area (Å²) in [5, 5.41) is 36.5. The van der Waals surface area contributed by atoms with Crippen LogP contribution in [0.1, 0.15) is 76.3 Å². The molecule has 43 heavy (non-hydrogen) atoms. The van der Waals surface area contributed by atoms with Crippen LogP contribution >= 0.6 is 0 Å². The molecule has 8 rings (SSSR count). The number of aromatic nitrogens is 2. The van der Waals surface area contributed by atoms with Crippen LogP contribution in [0.3, 0.4) is 0 Å². The molecule has 0 amide bonds. The van der Waals surface area contributed by atoms with Crippen molar-refractivity contribution in [2.45, 2.75) is 94.4 Å². The average molecular weight is 583 g/mol. The van der Waals surface area contributed by atoms with E-state index in [4.69, 9.17) is 4.98 Å². The Morgan fingerprint density at radius 3 is 2.72 bits per heavy atom. The summed E-state index contributed by atoms with van der Waals surface area (Å²) in [5.41, 5.74) is 2.73. The number of para-hydroxylation sites is 1. The number of benzene rings is 1. The molecule has 1 aliphatic carbocycles. The third kappa shape index (κ3) is 4.49. The minimum Gasteiger partial charge on any atom is -0.506 e. The number of piperidine rings is 1. The first-order chi connectivity index (χ1) is 21.0. The highest BCUT2D eigenvalue weighted by atomic mass is 16.3. The summed E-state index contributed by atoms with van der Waals surface area (Å²) in [6, 6.07) is 8.16. The van der Waals surface area contributed by atoms with E-state index in [0.29, 0.717) is 12.5 Å². The molecule has 0 saturated carbocycles. The molecule has 3 aromatic rings. The monoisotopic (exact) mass is 582 g/mol. The third-order valence-corrected chi connectivity index (χ3v) is 11.7. The summed E-state index contributed by atoms with van der Waals surface area (Å²) < 4.78 is 0. The maximum absolute atomic E-state index is 13.1. The second kappa shape index (κ2) is 10.7. The number of rotatable bonds is 1. The quantitative estimate of drug-likeness (QED) is 0.273. The molecule has 2 aromatic heterocycles. The van der Waals surface area contributed by atoms with Crippen LogP contribution < -0.4 is 0 Å². The van der Waals surface area contributed by atoms with Gasteiger partial charge in [0.25, 0.3) is 0 Å². The molecule has 0 radical (unpaired) electrons. The second-order valence-electron chi connectivity index (χ2n) is 14.2. The molecule has 3 bridgehead atoms. The number of nitrogens with zero attached hydrogens (tertiary/aromatic N) is 3. The fourth-order valence-electron chi connectivity index (χ4n) is 10.0. The Labute approximate surface area is 254 Å². The van der Waals surface area contributed by atoms with Crippen molar-refractivity contribution in [1.82, 2.24) is 19.8 Å². The predicted octanol–water partition coefficient (Wildman–Crippen LogP) is 5.76. The van der Waals surface area contributed by atoms with E-state index in [9.17, 15) is 15.3 Å². The highest BCUT2D eigenvalue weighted by Gasteiger charge is 2.66. The summed E-state index contributed by atoms with van der Waals surface area (Å²) in [6.07, 6.45) is 19.4. The average Bonchev–Trinajstić information content (AvgIpc) is 3.52. The maximum Gasteiger partial charge on any atom is 0.139 e. The van der Waals surface area contributed by atoms with Crippen molar-refractivity contribution < 1.29 is 15.3 Å². The van der Waals surface area contributed by atoms with Crippen molar-refractivity contribution in [1.29, 1.82) is 0 Å². The lowest BCUT2D eigenvalue weighted by Gasteiger charge is -2.58. The number of allylic oxidation sites excluding steroid dienone is 3. The maximum atomic E-state index is 13.1. The largest absolute Gasteiger partial charge is 0.506 e. The first kappa shape index (κ1) is 27.8. The molecule has 5 aliphatic rings. The van der Waals surface area contributed by atoms with Gasteiger partial charge in [-0.15, -0.1) is 0 Å². The Morgan fingerprint density at radius 1 is 0.907 bits per heavy atom. The molecule has 3 fully saturated rings. The van der Waals surface area contributed by atoms with Crippen LogP contribution in [0.2, 0.25) is 0 Å². The zero-order valence-corrected chi connectivity index (χ0v) is 25.2. The minimum absolute atomic E-state index is 0.0527. The molecule has 4 aliphatic heterocycles. The Bertz CT molecular complexity index is 1580. The molecule has 7 heteroatoms. The number of aliphatic hydroxyl groups is 2. The van der Waals surface area contributed by atoms with E-state index < -0.39 is 5.60 Å². The Hall–Kier alpha value is -2.71. The van der Waals surface area contributed by atoms with Gasteiger partial charge in [0.1, 0.15) is 5.75 Å². The van der Waals surface area contributed by atoms with Gasteiger partial charge in [-0.1, -0.05) is 24.3 Å². The number of aliphatic hydroxyl groups excluding tert-OH is 1. The number of pyridine rings is 1. The van der Waals surface area contributed by atoms with E-state index in [-0.39, 0.29) is 29.2 Å². The number of phenolic OH excluding ortho intramolecular Hbond substituents is 1. The first-order valence-corrected chi connectivity index (χ1v) is 16.8. The molecule has 1 unspecified atom stereocenters. The highest BCUT2D eigenvalue weighted by molar-refractivity contribution is 6.11. The zero-order valence-electron chi connectivity index (χ0n) is 25.2. The summed E-state index contributed by atoms with van der Waals surface area (Å²) >= 11 is 0. The Balaban J connectivity index is 1.33.